The number of carbonyl (C=O) groups is 1. The molecular weight excluding hydrogens is 318 g/mol. The molecule has 1 fully saturated rings. The van der Waals surface area contributed by atoms with Crippen molar-refractivity contribution in [2.24, 2.45) is 0 Å². The fourth-order valence-electron chi connectivity index (χ4n) is 3.44. The lowest BCUT2D eigenvalue weighted by molar-refractivity contribution is 0.0117. The van der Waals surface area contributed by atoms with Crippen LogP contribution in [0.25, 0.3) is 5.69 Å². The first kappa shape index (κ1) is 17.4. The number of amides is 2. The summed E-state index contributed by atoms with van der Waals surface area (Å²) in [5.74, 6) is 1.44. The molecule has 134 valence electrons. The maximum atomic E-state index is 12.8. The lowest BCUT2D eigenvalue weighted by Crippen LogP contribution is -2.49. The number of benzene rings is 1. The van der Waals surface area contributed by atoms with Crippen molar-refractivity contribution in [3.8, 4) is 5.69 Å². The van der Waals surface area contributed by atoms with Crippen LogP contribution in [-0.2, 0) is 0 Å². The predicted molar refractivity (Wildman–Crippen MR) is 95.9 cm³/mol. The van der Waals surface area contributed by atoms with Gasteiger partial charge >= 0.3 is 6.03 Å². The van der Waals surface area contributed by atoms with E-state index in [0.29, 0.717) is 18.1 Å². The van der Waals surface area contributed by atoms with Gasteiger partial charge in [0.2, 0.25) is 0 Å². The summed E-state index contributed by atoms with van der Waals surface area (Å²) in [5.41, 5.74) is 0.516. The number of carbonyl (C=O) groups excluding carboxylic acids is 1. The van der Waals surface area contributed by atoms with E-state index in [4.69, 9.17) is 0 Å². The van der Waals surface area contributed by atoms with Crippen LogP contribution in [0.4, 0.5) is 10.5 Å². The molecule has 1 unspecified atom stereocenters. The summed E-state index contributed by atoms with van der Waals surface area (Å²) in [4.78, 5) is 18.8. The van der Waals surface area contributed by atoms with E-state index in [1.165, 1.54) is 0 Å². The Morgan fingerprint density at radius 1 is 1.32 bits per heavy atom. The third kappa shape index (κ3) is 3.51. The van der Waals surface area contributed by atoms with Gasteiger partial charge in [0.05, 0.1) is 23.0 Å². The Morgan fingerprint density at radius 3 is 2.68 bits per heavy atom. The maximum Gasteiger partial charge on any atom is 0.322 e. The highest BCUT2D eigenvalue weighted by atomic mass is 16.3. The first-order valence-electron chi connectivity index (χ1n) is 8.57. The Morgan fingerprint density at radius 2 is 2.04 bits per heavy atom. The van der Waals surface area contributed by atoms with Gasteiger partial charge in [-0.1, -0.05) is 12.1 Å². The lowest BCUT2D eigenvalue weighted by Gasteiger charge is -2.33. The van der Waals surface area contributed by atoms with E-state index in [1.807, 2.05) is 38.1 Å². The summed E-state index contributed by atoms with van der Waals surface area (Å²) in [6.45, 7) is 7.86. The molecule has 1 aliphatic heterocycles. The second-order valence-corrected chi connectivity index (χ2v) is 7.07. The van der Waals surface area contributed by atoms with Crippen LogP contribution in [0.5, 0.6) is 0 Å². The van der Waals surface area contributed by atoms with Gasteiger partial charge in [0, 0.05) is 6.54 Å². The van der Waals surface area contributed by atoms with Gasteiger partial charge in [0.1, 0.15) is 11.6 Å². The summed E-state index contributed by atoms with van der Waals surface area (Å²) >= 11 is 0. The number of hydrogen-bond donors (Lipinski definition) is 2. The Kier molecular flexibility index (Phi) is 4.51. The number of likely N-dealkylation sites (tertiary alicyclic amines) is 1. The number of nitrogens with zero attached hydrogens (tertiary/aromatic N) is 4. The molecule has 0 spiro atoms. The zero-order valence-corrected chi connectivity index (χ0v) is 15.2. The van der Waals surface area contributed by atoms with Crippen LogP contribution in [0.3, 0.4) is 0 Å². The van der Waals surface area contributed by atoms with Crippen LogP contribution < -0.4 is 5.32 Å². The summed E-state index contributed by atoms with van der Waals surface area (Å²) < 4.78 is 1.72. The minimum Gasteiger partial charge on any atom is -0.388 e. The first-order valence-corrected chi connectivity index (χ1v) is 8.57. The molecule has 1 aromatic heterocycles. The van der Waals surface area contributed by atoms with Gasteiger partial charge in [-0.05, 0) is 52.7 Å². The number of aromatic nitrogens is 3. The molecule has 2 amide bonds. The molecule has 2 heterocycles. The molecule has 25 heavy (non-hydrogen) atoms. The van der Waals surface area contributed by atoms with Crippen LogP contribution in [0.15, 0.2) is 24.3 Å². The fraction of sp³-hybridized carbons (Fsp3) is 0.500. The summed E-state index contributed by atoms with van der Waals surface area (Å²) in [6.07, 6.45) is 1.70. The van der Waals surface area contributed by atoms with E-state index in [0.717, 1.165) is 24.4 Å². The topological polar surface area (TPSA) is 83.3 Å². The van der Waals surface area contributed by atoms with Crippen LogP contribution >= 0.6 is 0 Å². The van der Waals surface area contributed by atoms with E-state index in [9.17, 15) is 9.90 Å². The van der Waals surface area contributed by atoms with Crippen molar-refractivity contribution in [1.82, 2.24) is 19.7 Å². The zero-order chi connectivity index (χ0) is 18.2. The van der Waals surface area contributed by atoms with Crippen molar-refractivity contribution in [3.63, 3.8) is 0 Å². The average molecular weight is 343 g/mol. The zero-order valence-electron chi connectivity index (χ0n) is 15.2. The minimum absolute atomic E-state index is 0.185. The molecule has 7 heteroatoms. The molecule has 1 atom stereocenters. The summed E-state index contributed by atoms with van der Waals surface area (Å²) in [6, 6.07) is 7.13. The average Bonchev–Trinajstić information content (AvgIpc) is 3.14. The second-order valence-electron chi connectivity index (χ2n) is 7.07. The maximum absolute atomic E-state index is 12.8. The number of aryl methyl sites for hydroxylation is 2. The number of para-hydroxylation sites is 2. The molecular formula is C18H25N5O2. The molecule has 2 N–H and O–H groups in total. The molecule has 0 bridgehead atoms. The monoisotopic (exact) mass is 343 g/mol. The quantitative estimate of drug-likeness (QED) is 0.897. The first-order chi connectivity index (χ1) is 11.8. The Balaban J connectivity index is 1.87. The Hall–Kier alpha value is -2.41. The van der Waals surface area contributed by atoms with E-state index in [-0.39, 0.29) is 12.1 Å². The van der Waals surface area contributed by atoms with Crippen molar-refractivity contribution in [1.29, 1.82) is 0 Å². The van der Waals surface area contributed by atoms with Gasteiger partial charge < -0.3 is 15.3 Å². The molecule has 0 saturated carbocycles. The van der Waals surface area contributed by atoms with Gasteiger partial charge in [0.15, 0.2) is 0 Å². The third-order valence-corrected chi connectivity index (χ3v) is 4.58. The summed E-state index contributed by atoms with van der Waals surface area (Å²) in [5, 5.41) is 17.7. The molecule has 0 radical (unpaired) electrons. The number of hydrogen-bond acceptors (Lipinski definition) is 4. The molecule has 3 rings (SSSR count). The highest BCUT2D eigenvalue weighted by molar-refractivity contribution is 5.92. The minimum atomic E-state index is -0.924. The van der Waals surface area contributed by atoms with Gasteiger partial charge in [0.25, 0.3) is 0 Å². The Bertz CT molecular complexity index is 778. The number of aliphatic hydroxyl groups is 1. The van der Waals surface area contributed by atoms with Crippen molar-refractivity contribution >= 4 is 11.7 Å². The van der Waals surface area contributed by atoms with E-state index < -0.39 is 5.60 Å². The van der Waals surface area contributed by atoms with Crippen molar-refractivity contribution in [2.45, 2.75) is 52.2 Å². The largest absolute Gasteiger partial charge is 0.388 e. The van der Waals surface area contributed by atoms with Gasteiger partial charge in [-0.25, -0.2) is 14.5 Å². The van der Waals surface area contributed by atoms with Crippen molar-refractivity contribution in [2.75, 3.05) is 11.9 Å². The Labute approximate surface area is 147 Å². The SMILES string of the molecule is Cc1nc(C)n(-c2ccccc2NC(=O)N2CCCC2C(C)(C)O)n1. The summed E-state index contributed by atoms with van der Waals surface area (Å²) in [7, 11) is 0. The number of nitrogens with one attached hydrogen (secondary N) is 1. The molecule has 1 saturated heterocycles. The normalized spacial score (nSPS) is 17.8. The van der Waals surface area contributed by atoms with Crippen LogP contribution in [0.1, 0.15) is 38.3 Å². The molecule has 1 aliphatic rings. The highest BCUT2D eigenvalue weighted by Gasteiger charge is 2.38. The van der Waals surface area contributed by atoms with E-state index >= 15 is 0 Å². The highest BCUT2D eigenvalue weighted by Crippen LogP contribution is 2.28. The van der Waals surface area contributed by atoms with Crippen molar-refractivity contribution in [3.05, 3.63) is 35.9 Å². The second kappa shape index (κ2) is 6.48. The van der Waals surface area contributed by atoms with Gasteiger partial charge in [-0.3, -0.25) is 0 Å². The third-order valence-electron chi connectivity index (χ3n) is 4.58. The lowest BCUT2D eigenvalue weighted by atomic mass is 9.97. The number of anilines is 1. The van der Waals surface area contributed by atoms with Crippen LogP contribution in [-0.4, -0.2) is 49.0 Å². The molecule has 1 aromatic carbocycles. The fourth-order valence-corrected chi connectivity index (χ4v) is 3.44. The predicted octanol–water partition coefficient (Wildman–Crippen LogP) is 2.65. The van der Waals surface area contributed by atoms with Crippen molar-refractivity contribution < 1.29 is 9.90 Å². The van der Waals surface area contributed by atoms with Crippen LogP contribution in [0, 0.1) is 13.8 Å². The van der Waals surface area contributed by atoms with Gasteiger partial charge in [-0.15, -0.1) is 0 Å². The van der Waals surface area contributed by atoms with Gasteiger partial charge in [-0.2, -0.15) is 5.10 Å². The van der Waals surface area contributed by atoms with E-state index in [1.54, 1.807) is 23.4 Å². The smallest absolute Gasteiger partial charge is 0.322 e. The molecule has 2 aromatic rings. The van der Waals surface area contributed by atoms with E-state index in [2.05, 4.69) is 15.4 Å². The standard InChI is InChI=1S/C18H25N5O2/c1-12-19-13(2)23(21-12)15-9-6-5-8-14(15)20-17(24)22-11-7-10-16(22)18(3,4)25/h5-6,8-9,16,25H,7,10-11H2,1-4H3,(H,20,24). The van der Waals surface area contributed by atoms with Crippen LogP contribution in [0.2, 0.25) is 0 Å². The number of urea groups is 1. The molecule has 0 aliphatic carbocycles. The number of rotatable bonds is 3. The molecule has 7 nitrogen and oxygen atoms in total.